The molecule has 2 fully saturated rings. The van der Waals surface area contributed by atoms with Crippen LogP contribution < -0.4 is 5.56 Å². The van der Waals surface area contributed by atoms with Gasteiger partial charge >= 0.3 is 5.97 Å². The van der Waals surface area contributed by atoms with Gasteiger partial charge in [0.2, 0.25) is 5.69 Å². The highest BCUT2D eigenvalue weighted by Crippen LogP contribution is 2.47. The number of hydrogen-bond acceptors (Lipinski definition) is 5. The summed E-state index contributed by atoms with van der Waals surface area (Å²) >= 11 is 0. The molecule has 2 saturated heterocycles. The molecule has 4 aromatic rings. The molecule has 188 valence electrons. The van der Waals surface area contributed by atoms with Crippen molar-refractivity contribution in [2.75, 3.05) is 6.61 Å². The number of para-hydroxylation sites is 2. The van der Waals surface area contributed by atoms with Gasteiger partial charge in [-0.1, -0.05) is 72.8 Å². The molecule has 0 radical (unpaired) electrons. The van der Waals surface area contributed by atoms with E-state index in [9.17, 15) is 9.59 Å². The molecular weight excluding hydrogens is 462 g/mol. The number of esters is 1. The van der Waals surface area contributed by atoms with Gasteiger partial charge in [0.1, 0.15) is 0 Å². The van der Waals surface area contributed by atoms with Crippen LogP contribution in [0.25, 0.3) is 11.0 Å². The summed E-state index contributed by atoms with van der Waals surface area (Å²) in [7, 11) is 0. The van der Waals surface area contributed by atoms with E-state index in [2.05, 4.69) is 70.5 Å². The van der Waals surface area contributed by atoms with E-state index >= 15 is 0 Å². The Labute approximate surface area is 216 Å². The van der Waals surface area contributed by atoms with Crippen molar-refractivity contribution in [2.24, 2.45) is 0 Å². The van der Waals surface area contributed by atoms with Gasteiger partial charge in [0, 0.05) is 18.1 Å². The van der Waals surface area contributed by atoms with Crippen LogP contribution in [0, 0.1) is 0 Å². The molecule has 3 heterocycles. The average Bonchev–Trinajstić information content (AvgIpc) is 3.17. The summed E-state index contributed by atoms with van der Waals surface area (Å²) in [6.45, 7) is 1.94. The molecule has 6 nitrogen and oxygen atoms in total. The lowest BCUT2D eigenvalue weighted by Gasteiger charge is -2.44. The molecule has 2 bridgehead atoms. The third-order valence-electron chi connectivity index (χ3n) is 7.92. The first-order valence-electron chi connectivity index (χ1n) is 13.2. The van der Waals surface area contributed by atoms with Gasteiger partial charge in [-0.3, -0.25) is 9.69 Å². The van der Waals surface area contributed by atoms with Crippen LogP contribution in [-0.4, -0.2) is 39.1 Å². The van der Waals surface area contributed by atoms with E-state index < -0.39 is 5.97 Å². The molecule has 1 aromatic heterocycles. The van der Waals surface area contributed by atoms with Gasteiger partial charge in [-0.2, -0.15) is 0 Å². The van der Waals surface area contributed by atoms with Gasteiger partial charge in [-0.15, -0.1) is 0 Å². The van der Waals surface area contributed by atoms with Gasteiger partial charge in [0.05, 0.1) is 23.7 Å². The van der Waals surface area contributed by atoms with Crippen LogP contribution in [0.2, 0.25) is 0 Å². The third kappa shape index (κ3) is 4.25. The predicted molar refractivity (Wildman–Crippen MR) is 144 cm³/mol. The van der Waals surface area contributed by atoms with Crippen molar-refractivity contribution >= 4 is 17.0 Å². The summed E-state index contributed by atoms with van der Waals surface area (Å²) < 4.78 is 7.01. The summed E-state index contributed by atoms with van der Waals surface area (Å²) in [4.78, 5) is 33.4. The fraction of sp³-hybridized carbons (Fsp3) is 0.323. The Hall–Kier alpha value is -3.77. The minimum atomic E-state index is -0.652. The van der Waals surface area contributed by atoms with Crippen LogP contribution in [0.15, 0.2) is 89.7 Å². The van der Waals surface area contributed by atoms with Gasteiger partial charge in [0.25, 0.3) is 5.56 Å². The van der Waals surface area contributed by atoms with Crippen LogP contribution in [0.5, 0.6) is 0 Å². The lowest BCUT2D eigenvalue weighted by molar-refractivity contribution is 0.0514. The SMILES string of the molecule is CCOC(=O)c1nc2ccccc2n(C2CC3CC[C@@H](C2)N3C(c2ccccc2)c2ccccc2)c1=O. The number of fused-ring (bicyclic) bond motifs is 3. The van der Waals surface area contributed by atoms with Crippen LogP contribution in [0.1, 0.15) is 66.3 Å². The zero-order valence-corrected chi connectivity index (χ0v) is 21.0. The molecule has 2 aliphatic heterocycles. The molecule has 0 spiro atoms. The first kappa shape index (κ1) is 23.6. The average molecular weight is 494 g/mol. The molecule has 0 saturated carbocycles. The predicted octanol–water partition coefficient (Wildman–Crippen LogP) is 5.53. The smallest absolute Gasteiger partial charge is 0.362 e. The largest absolute Gasteiger partial charge is 0.461 e. The fourth-order valence-electron chi connectivity index (χ4n) is 6.47. The Morgan fingerprint density at radius 2 is 1.43 bits per heavy atom. The molecule has 6 heteroatoms. The first-order valence-corrected chi connectivity index (χ1v) is 13.2. The molecule has 3 aromatic carbocycles. The highest BCUT2D eigenvalue weighted by molar-refractivity contribution is 5.89. The molecule has 0 aliphatic carbocycles. The summed E-state index contributed by atoms with van der Waals surface area (Å²) in [5, 5.41) is 0. The van der Waals surface area contributed by atoms with Crippen molar-refractivity contribution in [1.82, 2.24) is 14.5 Å². The van der Waals surface area contributed by atoms with E-state index in [-0.39, 0.29) is 29.9 Å². The quantitative estimate of drug-likeness (QED) is 0.331. The van der Waals surface area contributed by atoms with Crippen molar-refractivity contribution in [1.29, 1.82) is 0 Å². The molecule has 2 aliphatic rings. The van der Waals surface area contributed by atoms with Crippen LogP contribution >= 0.6 is 0 Å². The second-order valence-corrected chi connectivity index (χ2v) is 10.0. The third-order valence-corrected chi connectivity index (χ3v) is 7.92. The summed E-state index contributed by atoms with van der Waals surface area (Å²) in [5.41, 5.74) is 3.53. The van der Waals surface area contributed by atoms with E-state index in [0.29, 0.717) is 17.6 Å². The Morgan fingerprint density at radius 1 is 0.865 bits per heavy atom. The maximum Gasteiger partial charge on any atom is 0.362 e. The van der Waals surface area contributed by atoms with Crippen molar-refractivity contribution in [3.8, 4) is 0 Å². The maximum atomic E-state index is 13.7. The minimum absolute atomic E-state index is 0.00507. The van der Waals surface area contributed by atoms with E-state index in [1.807, 2.05) is 28.8 Å². The van der Waals surface area contributed by atoms with Crippen LogP contribution in [-0.2, 0) is 4.74 Å². The maximum absolute atomic E-state index is 13.7. The van der Waals surface area contributed by atoms with Gasteiger partial charge in [0.15, 0.2) is 0 Å². The molecule has 2 unspecified atom stereocenters. The van der Waals surface area contributed by atoms with E-state index in [0.717, 1.165) is 31.2 Å². The molecule has 6 rings (SSSR count). The molecule has 37 heavy (non-hydrogen) atoms. The highest BCUT2D eigenvalue weighted by atomic mass is 16.5. The van der Waals surface area contributed by atoms with Crippen LogP contribution in [0.3, 0.4) is 0 Å². The number of hydrogen-bond donors (Lipinski definition) is 0. The number of benzene rings is 3. The Morgan fingerprint density at radius 3 is 2.03 bits per heavy atom. The number of carbonyl (C=O) groups is 1. The molecule has 0 amide bonds. The number of aromatic nitrogens is 2. The van der Waals surface area contributed by atoms with Crippen molar-refractivity contribution in [3.05, 3.63) is 112 Å². The Kier molecular flexibility index (Phi) is 6.35. The lowest BCUT2D eigenvalue weighted by atomic mass is 9.89. The molecular formula is C31H31N3O3. The van der Waals surface area contributed by atoms with Gasteiger partial charge in [-0.05, 0) is 55.9 Å². The second-order valence-electron chi connectivity index (χ2n) is 10.0. The zero-order valence-electron chi connectivity index (χ0n) is 21.0. The minimum Gasteiger partial charge on any atom is -0.461 e. The van der Waals surface area contributed by atoms with Crippen molar-refractivity contribution in [3.63, 3.8) is 0 Å². The summed E-state index contributed by atoms with van der Waals surface area (Å²) in [6, 6.07) is 29.9. The monoisotopic (exact) mass is 493 g/mol. The van der Waals surface area contributed by atoms with E-state index in [4.69, 9.17) is 4.74 Å². The molecule has 3 atom stereocenters. The highest BCUT2D eigenvalue weighted by Gasteiger charge is 2.45. The normalized spacial score (nSPS) is 21.4. The number of rotatable bonds is 6. The number of piperidine rings is 1. The van der Waals surface area contributed by atoms with Crippen LogP contribution in [0.4, 0.5) is 0 Å². The molecule has 0 N–H and O–H groups in total. The number of nitrogens with zero attached hydrogens (tertiary/aromatic N) is 3. The van der Waals surface area contributed by atoms with Crippen molar-refractivity contribution in [2.45, 2.75) is 56.8 Å². The topological polar surface area (TPSA) is 64.4 Å². The fourth-order valence-corrected chi connectivity index (χ4v) is 6.47. The zero-order chi connectivity index (χ0) is 25.4. The standard InChI is InChI=1S/C31H31N3O3/c1-2-37-31(36)28-30(35)34(27-16-10-9-15-26(27)32-28)25-19-23-17-18-24(20-25)33(23)29(21-11-5-3-6-12-21)22-13-7-4-8-14-22/h3-16,23-25,29H,2,17-20H2,1H3/t23-,24?,25?/m0/s1. The van der Waals surface area contributed by atoms with E-state index in [1.165, 1.54) is 11.1 Å². The first-order chi connectivity index (χ1) is 18.2. The Balaban J connectivity index is 1.40. The number of ether oxygens (including phenoxy) is 1. The number of carbonyl (C=O) groups excluding carboxylic acids is 1. The lowest BCUT2D eigenvalue weighted by Crippen LogP contribution is -2.47. The second kappa shape index (κ2) is 9.94. The Bertz CT molecular complexity index is 1410. The van der Waals surface area contributed by atoms with Gasteiger partial charge < -0.3 is 9.30 Å². The van der Waals surface area contributed by atoms with Gasteiger partial charge in [-0.25, -0.2) is 9.78 Å². The summed E-state index contributed by atoms with van der Waals surface area (Å²) in [6.07, 6.45) is 3.89. The van der Waals surface area contributed by atoms with E-state index in [1.54, 1.807) is 6.92 Å². The summed E-state index contributed by atoms with van der Waals surface area (Å²) in [5.74, 6) is -0.652. The van der Waals surface area contributed by atoms with Crippen molar-refractivity contribution < 1.29 is 9.53 Å².